The summed E-state index contributed by atoms with van der Waals surface area (Å²) >= 11 is -0.771. The van der Waals surface area contributed by atoms with Crippen LogP contribution in [0.2, 0.25) is 0 Å². The Hall–Kier alpha value is -2.72. The molecule has 2 unspecified atom stereocenters. The van der Waals surface area contributed by atoms with E-state index in [2.05, 4.69) is 92.8 Å². The summed E-state index contributed by atoms with van der Waals surface area (Å²) in [4.78, 5) is 0. The number of phenolic OH excluding ortho intramolecular Hbond substituents is 2. The largest absolute Gasteiger partial charge is 0.199 e. The Labute approximate surface area is 359 Å². The van der Waals surface area contributed by atoms with Crippen LogP contribution in [0.25, 0.3) is 0 Å². The van der Waals surface area contributed by atoms with E-state index >= 15 is 0 Å². The number of fused-ring (bicyclic) bond motifs is 1. The summed E-state index contributed by atoms with van der Waals surface area (Å²) in [6.07, 6.45) is 15.6. The van der Waals surface area contributed by atoms with Gasteiger partial charge in [0.05, 0.1) is 0 Å². The standard InChI is InChI=1S/C38H56O2S2.2C7H7.Zr/c1-9-11-17-27-21-31(37(3,4)5)23-29(35(27)39)25-41-33-19-15-13-14-16-20-34(33)42-26-30-24-32(38(6,7)8)22-28(36(30)40)18-12-10-2;2*1-7-5-3-2-4-6-7;/h9-10,21-24,33-34,39-40H,1-2,11-20,25-26H2,3-8H3;2*2-6H,1H2;/q;2*-1;/t33-,34?;;;/m0.../s1. The fourth-order valence-electron chi connectivity index (χ4n) is 7.39. The maximum Gasteiger partial charge on any atom is -0.0866 e. The molecule has 4 aromatic carbocycles. The van der Waals surface area contributed by atoms with Crippen LogP contribution >= 0.6 is 14.2 Å². The molecule has 2 N–H and O–H groups in total. The van der Waals surface area contributed by atoms with Gasteiger partial charge in [0.25, 0.3) is 0 Å². The Morgan fingerprint density at radius 1 is 0.596 bits per heavy atom. The van der Waals surface area contributed by atoms with E-state index in [9.17, 15) is 10.2 Å². The molecule has 57 heavy (non-hydrogen) atoms. The van der Waals surface area contributed by atoms with Gasteiger partial charge in [0.15, 0.2) is 0 Å². The Morgan fingerprint density at radius 2 is 0.947 bits per heavy atom. The van der Waals surface area contributed by atoms with Gasteiger partial charge in [0.2, 0.25) is 0 Å². The first kappa shape index (κ1) is 47.0. The van der Waals surface area contributed by atoms with Crippen molar-refractivity contribution in [1.82, 2.24) is 0 Å². The quantitative estimate of drug-likeness (QED) is 0.123. The molecule has 2 aliphatic rings. The Kier molecular flexibility index (Phi) is 18.6. The van der Waals surface area contributed by atoms with E-state index in [0.29, 0.717) is 25.7 Å². The van der Waals surface area contributed by atoms with E-state index in [-0.39, 0.29) is 10.8 Å². The summed E-state index contributed by atoms with van der Waals surface area (Å²) < 4.78 is 0. The summed E-state index contributed by atoms with van der Waals surface area (Å²) in [7, 11) is 0.783. The molecule has 0 bridgehead atoms. The summed E-state index contributed by atoms with van der Waals surface area (Å²) in [5.74, 6) is 3.23. The van der Waals surface area contributed by atoms with Crippen molar-refractivity contribution in [3.05, 3.63) is 169 Å². The first-order valence-corrected chi connectivity index (χ1v) is 29.9. The molecule has 1 heterocycles. The SMILES string of the molecule is C=CCCc1cc(C(C)(C)C)cc(C[S]2=[Zr]=[S@@](Cc3cc(C(C)(C)C)cc(CCC=C)c3O)C3CCCCCC[C@@H]32)c1O.[CH2-]c1ccccc1.[CH2-]c1ccccc1. The van der Waals surface area contributed by atoms with Crippen molar-refractivity contribution in [2.45, 2.75) is 139 Å². The van der Waals surface area contributed by atoms with Gasteiger partial charge in [-0.25, -0.2) is 0 Å². The van der Waals surface area contributed by atoms with Crippen LogP contribution in [-0.2, 0) is 54.3 Å². The molecule has 0 amide bonds. The van der Waals surface area contributed by atoms with Gasteiger partial charge in [-0.3, -0.25) is 0 Å². The molecular formula is C52H70O2S2Zr-2. The topological polar surface area (TPSA) is 40.5 Å². The molecule has 1 fully saturated rings. The van der Waals surface area contributed by atoms with Gasteiger partial charge in [-0.1, -0.05) is 12.1 Å². The number of aryl methyl sites for hydroxylation is 2. The van der Waals surface area contributed by atoms with Crippen LogP contribution in [0.3, 0.4) is 0 Å². The van der Waals surface area contributed by atoms with Crippen molar-refractivity contribution in [3.8, 4) is 11.5 Å². The maximum atomic E-state index is 11.6. The number of hydrogen-bond donors (Lipinski definition) is 2. The number of hydrogen-bond acceptors (Lipinski definition) is 2. The minimum absolute atomic E-state index is 0.0517. The summed E-state index contributed by atoms with van der Waals surface area (Å²) in [5.41, 5.74) is 9.53. The minimum atomic E-state index is -0.771. The number of benzene rings is 4. The fraction of sp³-hybridized carbons (Fsp3) is 0.423. The van der Waals surface area contributed by atoms with Gasteiger partial charge in [0.1, 0.15) is 0 Å². The van der Waals surface area contributed by atoms with Gasteiger partial charge < -0.3 is 0 Å². The van der Waals surface area contributed by atoms with E-state index in [1.165, 1.54) is 60.8 Å². The first-order chi connectivity index (χ1) is 27.1. The molecule has 2 nitrogen and oxygen atoms in total. The predicted molar refractivity (Wildman–Crippen MR) is 250 cm³/mol. The monoisotopic (exact) mass is 880 g/mol. The van der Waals surface area contributed by atoms with Crippen LogP contribution in [0.5, 0.6) is 11.5 Å². The van der Waals surface area contributed by atoms with Gasteiger partial charge in [-0.2, -0.15) is 49.2 Å². The zero-order valence-electron chi connectivity index (χ0n) is 35.9. The zero-order chi connectivity index (χ0) is 41.6. The molecular weight excluding hydrogens is 812 g/mol. The molecule has 1 aliphatic heterocycles. The summed E-state index contributed by atoms with van der Waals surface area (Å²) in [6, 6.07) is 28.9. The van der Waals surface area contributed by atoms with Gasteiger partial charge >= 0.3 is 277 Å². The molecule has 0 aromatic heterocycles. The van der Waals surface area contributed by atoms with Crippen LogP contribution < -0.4 is 0 Å². The summed E-state index contributed by atoms with van der Waals surface area (Å²) in [6.45, 7) is 29.1. The molecule has 0 spiro atoms. The third-order valence-corrected chi connectivity index (χ3v) is 32.7. The minimum Gasteiger partial charge on any atom is -0.199 e. The van der Waals surface area contributed by atoms with Crippen LogP contribution in [0.1, 0.15) is 137 Å². The van der Waals surface area contributed by atoms with Crippen molar-refractivity contribution < 1.29 is 29.4 Å². The normalized spacial score (nSPS) is 19.1. The second-order valence-electron chi connectivity index (χ2n) is 17.7. The van der Waals surface area contributed by atoms with Crippen LogP contribution in [-0.4, -0.2) is 20.7 Å². The number of phenols is 2. The van der Waals surface area contributed by atoms with E-state index in [1.807, 2.05) is 72.8 Å². The van der Waals surface area contributed by atoms with Crippen molar-refractivity contribution >= 4 is 14.2 Å². The van der Waals surface area contributed by atoms with Crippen molar-refractivity contribution in [2.24, 2.45) is 0 Å². The summed E-state index contributed by atoms with van der Waals surface area (Å²) in [5, 5.41) is 24.7. The third-order valence-electron chi connectivity index (χ3n) is 10.9. The zero-order valence-corrected chi connectivity index (χ0v) is 40.0. The van der Waals surface area contributed by atoms with E-state index in [1.54, 1.807) is 0 Å². The number of rotatable bonds is 10. The molecule has 1 saturated carbocycles. The van der Waals surface area contributed by atoms with Crippen LogP contribution in [0.15, 0.2) is 110 Å². The Bertz CT molecular complexity index is 1840. The maximum absolute atomic E-state index is 11.6. The van der Waals surface area contributed by atoms with E-state index < -0.39 is 19.2 Å². The van der Waals surface area contributed by atoms with Crippen LogP contribution in [0, 0.1) is 13.8 Å². The molecule has 0 radical (unpaired) electrons. The second kappa shape index (κ2) is 22.6. The van der Waals surface area contributed by atoms with Crippen molar-refractivity contribution in [3.63, 3.8) is 0 Å². The molecule has 5 heteroatoms. The first-order valence-electron chi connectivity index (χ1n) is 20.9. The number of aromatic hydroxyl groups is 2. The Morgan fingerprint density at radius 3 is 1.25 bits per heavy atom. The second-order valence-corrected chi connectivity index (χ2v) is 33.3. The fourth-order valence-corrected chi connectivity index (χ4v) is 36.3. The molecule has 0 saturated heterocycles. The van der Waals surface area contributed by atoms with Gasteiger partial charge in [-0.15, -0.1) is 24.3 Å². The van der Waals surface area contributed by atoms with Crippen LogP contribution in [0.4, 0.5) is 0 Å². The van der Waals surface area contributed by atoms with E-state index in [0.717, 1.165) is 69.9 Å². The Balaban J connectivity index is 0.000000428. The van der Waals surface area contributed by atoms with Crippen molar-refractivity contribution in [2.75, 3.05) is 0 Å². The molecule has 4 atom stereocenters. The smallest absolute Gasteiger partial charge is 0.0866 e. The van der Waals surface area contributed by atoms with Gasteiger partial charge in [-0.05, 0) is 0 Å². The number of allylic oxidation sites excluding steroid dienone is 2. The molecule has 6 rings (SSSR count). The average Bonchev–Trinajstić information content (AvgIpc) is 3.45. The molecule has 4 aromatic rings. The average molecular weight is 882 g/mol. The van der Waals surface area contributed by atoms with Crippen molar-refractivity contribution in [1.29, 1.82) is 0 Å². The predicted octanol–water partition coefficient (Wildman–Crippen LogP) is 14.9. The molecule has 1 aliphatic carbocycles. The third kappa shape index (κ3) is 14.5. The van der Waals surface area contributed by atoms with Gasteiger partial charge in [0, 0.05) is 0 Å². The van der Waals surface area contributed by atoms with E-state index in [4.69, 9.17) is 0 Å². The molecule has 308 valence electrons.